The van der Waals surface area contributed by atoms with Crippen LogP contribution >= 0.6 is 0 Å². The van der Waals surface area contributed by atoms with Gasteiger partial charge in [0.2, 0.25) is 0 Å². The molecule has 3 aliphatic rings. The van der Waals surface area contributed by atoms with E-state index in [0.717, 1.165) is 24.1 Å². The summed E-state index contributed by atoms with van der Waals surface area (Å²) in [6.45, 7) is 7.98. The quantitative estimate of drug-likeness (QED) is 0.457. The highest BCUT2D eigenvalue weighted by molar-refractivity contribution is 5.96. The van der Waals surface area contributed by atoms with Gasteiger partial charge in [0.25, 0.3) is 5.91 Å². The molecule has 2 saturated heterocycles. The van der Waals surface area contributed by atoms with Crippen molar-refractivity contribution in [3.05, 3.63) is 58.9 Å². The van der Waals surface area contributed by atoms with Gasteiger partial charge < -0.3 is 23.7 Å². The van der Waals surface area contributed by atoms with Crippen molar-refractivity contribution in [3.8, 4) is 0 Å². The van der Waals surface area contributed by atoms with Crippen LogP contribution in [0.15, 0.2) is 36.4 Å². The lowest BCUT2D eigenvalue weighted by molar-refractivity contribution is -0.152. The van der Waals surface area contributed by atoms with Gasteiger partial charge in [-0.2, -0.15) is 0 Å². The van der Waals surface area contributed by atoms with E-state index in [2.05, 4.69) is 28.9 Å². The van der Waals surface area contributed by atoms with Crippen molar-refractivity contribution in [1.82, 2.24) is 14.8 Å². The number of epoxide rings is 1. The Labute approximate surface area is 206 Å². The van der Waals surface area contributed by atoms with Crippen molar-refractivity contribution in [2.45, 2.75) is 83.7 Å². The number of nitrogens with one attached hydrogen (secondary N) is 1. The molecule has 2 aromatic rings. The lowest BCUT2D eigenvalue weighted by Gasteiger charge is -2.26. The molecule has 1 amide bonds. The number of hydrogen-bond acceptors (Lipinski definition) is 6. The van der Waals surface area contributed by atoms with Crippen molar-refractivity contribution >= 4 is 11.9 Å². The van der Waals surface area contributed by atoms with E-state index in [-0.39, 0.29) is 36.4 Å². The van der Waals surface area contributed by atoms with E-state index in [1.165, 1.54) is 5.56 Å². The molecule has 1 N–H and O–H groups in total. The highest BCUT2D eigenvalue weighted by atomic mass is 16.6. The number of carbonyl (C=O) groups is 2. The monoisotopic (exact) mass is 481 g/mol. The number of nitrogens with zero attached hydrogens (tertiary/aromatic N) is 2. The van der Waals surface area contributed by atoms with Crippen LogP contribution < -0.4 is 5.32 Å². The maximum Gasteiger partial charge on any atom is 0.329 e. The number of ether oxygens (including phenoxy) is 3. The normalized spacial score (nSPS) is 24.3. The Balaban J connectivity index is 1.35. The first-order chi connectivity index (χ1) is 17.0. The summed E-state index contributed by atoms with van der Waals surface area (Å²) in [6, 6.07) is 12.0. The van der Waals surface area contributed by atoms with Crippen LogP contribution in [-0.2, 0) is 32.2 Å². The van der Waals surface area contributed by atoms with Gasteiger partial charge in [0.1, 0.15) is 24.1 Å². The average Bonchev–Trinajstić information content (AvgIpc) is 3.28. The Morgan fingerprint density at radius 2 is 2.00 bits per heavy atom. The number of rotatable bonds is 8. The van der Waals surface area contributed by atoms with E-state index in [9.17, 15) is 9.59 Å². The Morgan fingerprint density at radius 3 is 2.74 bits per heavy atom. The van der Waals surface area contributed by atoms with Gasteiger partial charge in [0, 0.05) is 24.7 Å². The smallest absolute Gasteiger partial charge is 0.329 e. The van der Waals surface area contributed by atoms with Crippen molar-refractivity contribution in [1.29, 1.82) is 0 Å². The molecular formula is C27H35N3O5. The van der Waals surface area contributed by atoms with Gasteiger partial charge in [-0.1, -0.05) is 37.3 Å². The molecule has 0 radical (unpaired) electrons. The molecule has 8 heteroatoms. The van der Waals surface area contributed by atoms with Crippen LogP contribution in [0, 0.1) is 0 Å². The fourth-order valence-corrected chi connectivity index (χ4v) is 5.30. The zero-order chi connectivity index (χ0) is 24.5. The Kier molecular flexibility index (Phi) is 6.95. The molecule has 188 valence electrons. The molecule has 0 aliphatic carbocycles. The Morgan fingerprint density at radius 1 is 1.20 bits per heavy atom. The molecule has 1 aromatic carbocycles. The zero-order valence-corrected chi connectivity index (χ0v) is 20.7. The summed E-state index contributed by atoms with van der Waals surface area (Å²) in [5.41, 5.74) is 3.82. The molecule has 3 aliphatic heterocycles. The van der Waals surface area contributed by atoms with E-state index in [1.54, 1.807) is 4.90 Å². The third kappa shape index (κ3) is 4.87. The molecular weight excluding hydrogens is 446 g/mol. The summed E-state index contributed by atoms with van der Waals surface area (Å²) < 4.78 is 19.3. The van der Waals surface area contributed by atoms with Gasteiger partial charge in [0.05, 0.1) is 25.0 Å². The van der Waals surface area contributed by atoms with Gasteiger partial charge in [0.15, 0.2) is 0 Å². The average molecular weight is 482 g/mol. The molecule has 0 bridgehead atoms. The van der Waals surface area contributed by atoms with Crippen LogP contribution in [0.4, 0.5) is 0 Å². The predicted molar refractivity (Wildman–Crippen MR) is 130 cm³/mol. The Hall–Kier alpha value is -2.68. The minimum Gasteiger partial charge on any atom is -0.461 e. The van der Waals surface area contributed by atoms with Crippen LogP contribution in [-0.4, -0.2) is 52.9 Å². The van der Waals surface area contributed by atoms with Gasteiger partial charge >= 0.3 is 5.97 Å². The topological polar surface area (TPSA) is 85.3 Å². The summed E-state index contributed by atoms with van der Waals surface area (Å²) in [5.74, 6) is -0.440. The van der Waals surface area contributed by atoms with Crippen LogP contribution in [0.2, 0.25) is 0 Å². The largest absolute Gasteiger partial charge is 0.461 e. The first-order valence-electron chi connectivity index (χ1n) is 12.8. The van der Waals surface area contributed by atoms with E-state index in [1.807, 2.05) is 38.1 Å². The molecule has 8 nitrogen and oxygen atoms in total. The van der Waals surface area contributed by atoms with Crippen molar-refractivity contribution in [2.24, 2.45) is 0 Å². The van der Waals surface area contributed by atoms with Crippen LogP contribution in [0.1, 0.15) is 79.5 Å². The number of hydrogen-bond donors (Lipinski definition) is 1. The minimum absolute atomic E-state index is 0.113. The third-order valence-electron chi connectivity index (χ3n) is 7.07. The van der Waals surface area contributed by atoms with Gasteiger partial charge in [-0.05, 0) is 44.7 Å². The molecule has 2 unspecified atom stereocenters. The third-order valence-corrected chi connectivity index (χ3v) is 7.07. The molecule has 0 saturated carbocycles. The van der Waals surface area contributed by atoms with Gasteiger partial charge in [-0.25, -0.2) is 4.79 Å². The summed E-state index contributed by atoms with van der Waals surface area (Å²) in [5, 5.41) is 3.62. The second kappa shape index (κ2) is 10.1. The van der Waals surface area contributed by atoms with Gasteiger partial charge in [-0.3, -0.25) is 10.1 Å². The number of amides is 1. The maximum atomic E-state index is 13.7. The van der Waals surface area contributed by atoms with E-state index in [4.69, 9.17) is 14.2 Å². The van der Waals surface area contributed by atoms with Crippen LogP contribution in [0.25, 0.3) is 0 Å². The standard InChI is InChI=1S/C27H35N3O5/c1-4-20(18-9-6-5-7-10-18)28-25-24(35-25)19-15-22(29-13-14-33-16-23(19)29)26(31)30-12-8-11-21(30)27(32)34-17(2)3/h5-7,9-10,15,17,20-21,24-25,28H,4,8,11-14,16H2,1-3H3/t20-,21-,24?,25?/m1/s1. The first kappa shape index (κ1) is 24.0. The number of esters is 1. The number of carbonyl (C=O) groups excluding carboxylic acids is 2. The molecule has 2 fully saturated rings. The summed E-state index contributed by atoms with van der Waals surface area (Å²) in [4.78, 5) is 28.0. The summed E-state index contributed by atoms with van der Waals surface area (Å²) >= 11 is 0. The van der Waals surface area contributed by atoms with E-state index in [0.29, 0.717) is 38.4 Å². The number of fused-ring (bicyclic) bond motifs is 1. The molecule has 5 rings (SSSR count). The highest BCUT2D eigenvalue weighted by Gasteiger charge is 2.45. The van der Waals surface area contributed by atoms with E-state index >= 15 is 0 Å². The fraction of sp³-hybridized carbons (Fsp3) is 0.556. The fourth-order valence-electron chi connectivity index (χ4n) is 5.30. The highest BCUT2D eigenvalue weighted by Crippen LogP contribution is 2.42. The van der Waals surface area contributed by atoms with Gasteiger partial charge in [-0.15, -0.1) is 0 Å². The molecule has 4 atom stereocenters. The number of aromatic nitrogens is 1. The van der Waals surface area contributed by atoms with Crippen LogP contribution in [0.5, 0.6) is 0 Å². The SMILES string of the molecule is CC[C@@H](NC1OC1c1cc(C(=O)N2CCC[C@@H]2C(=O)OC(C)C)n2c1COCC2)c1ccccc1. The summed E-state index contributed by atoms with van der Waals surface area (Å²) in [7, 11) is 0. The lowest BCUT2D eigenvalue weighted by atomic mass is 10.0. The lowest BCUT2D eigenvalue weighted by Crippen LogP contribution is -2.43. The maximum absolute atomic E-state index is 13.7. The minimum atomic E-state index is -0.526. The zero-order valence-electron chi connectivity index (χ0n) is 20.7. The number of likely N-dealkylation sites (tertiary alicyclic amines) is 1. The second-order valence-electron chi connectivity index (χ2n) is 9.79. The molecule has 4 heterocycles. The summed E-state index contributed by atoms with van der Waals surface area (Å²) in [6.07, 6.45) is 1.93. The molecule has 35 heavy (non-hydrogen) atoms. The van der Waals surface area contributed by atoms with Crippen LogP contribution in [0.3, 0.4) is 0 Å². The Bertz CT molecular complexity index is 1070. The molecule has 0 spiro atoms. The second-order valence-corrected chi connectivity index (χ2v) is 9.79. The predicted octanol–water partition coefficient (Wildman–Crippen LogP) is 3.71. The molecule has 1 aromatic heterocycles. The number of benzene rings is 1. The van der Waals surface area contributed by atoms with E-state index < -0.39 is 6.04 Å². The first-order valence-corrected chi connectivity index (χ1v) is 12.8. The van der Waals surface area contributed by atoms with Crippen molar-refractivity contribution in [2.75, 3.05) is 13.2 Å². The van der Waals surface area contributed by atoms with Crippen molar-refractivity contribution < 1.29 is 23.8 Å². The van der Waals surface area contributed by atoms with Crippen molar-refractivity contribution in [3.63, 3.8) is 0 Å².